The van der Waals surface area contributed by atoms with Gasteiger partial charge in [0.05, 0.1) is 21.6 Å². The van der Waals surface area contributed by atoms with Crippen LogP contribution in [-0.2, 0) is 14.8 Å². The number of para-hydroxylation sites is 1. The van der Waals surface area contributed by atoms with E-state index in [1.807, 2.05) is 24.8 Å². The van der Waals surface area contributed by atoms with E-state index in [1.165, 1.54) is 4.31 Å². The molecule has 8 heteroatoms. The van der Waals surface area contributed by atoms with Gasteiger partial charge in [0, 0.05) is 26.2 Å². The van der Waals surface area contributed by atoms with Crippen LogP contribution < -0.4 is 5.32 Å². The summed E-state index contributed by atoms with van der Waals surface area (Å²) >= 11 is 6.12. The first-order chi connectivity index (χ1) is 13.8. The maximum Gasteiger partial charge on any atom is 0.243 e. The lowest BCUT2D eigenvalue weighted by atomic mass is 10.2. The smallest absolute Gasteiger partial charge is 0.243 e. The summed E-state index contributed by atoms with van der Waals surface area (Å²) in [6.07, 6.45) is 0.662. The molecule has 3 rings (SSSR count). The quantitative estimate of drug-likeness (QED) is 0.781. The number of aryl methyl sites for hydroxylation is 1. The highest BCUT2D eigenvalue weighted by Gasteiger charge is 2.30. The number of nitrogens with zero attached hydrogens (tertiary/aromatic N) is 2. The zero-order valence-electron chi connectivity index (χ0n) is 16.6. The van der Waals surface area contributed by atoms with Crippen molar-refractivity contribution < 1.29 is 13.2 Å². The summed E-state index contributed by atoms with van der Waals surface area (Å²) in [5.74, 6) is -0.159. The number of hydrogen-bond acceptors (Lipinski definition) is 4. The average molecular weight is 436 g/mol. The lowest BCUT2D eigenvalue weighted by molar-refractivity contribution is -0.120. The predicted octanol–water partition coefficient (Wildman–Crippen LogP) is 3.37. The highest BCUT2D eigenvalue weighted by atomic mass is 35.5. The Morgan fingerprint density at radius 2 is 1.72 bits per heavy atom. The Kier molecular flexibility index (Phi) is 6.95. The molecule has 0 spiro atoms. The van der Waals surface area contributed by atoms with E-state index >= 15 is 0 Å². The summed E-state index contributed by atoms with van der Waals surface area (Å²) in [5, 5.41) is 3.34. The number of carbonyl (C=O) groups is 1. The monoisotopic (exact) mass is 435 g/mol. The minimum absolute atomic E-state index is 0.159. The van der Waals surface area contributed by atoms with Gasteiger partial charge in [-0.25, -0.2) is 8.42 Å². The van der Waals surface area contributed by atoms with Crippen LogP contribution >= 0.6 is 11.6 Å². The van der Waals surface area contributed by atoms with Crippen molar-refractivity contribution in [3.8, 4) is 0 Å². The molecule has 1 amide bonds. The molecule has 0 saturated carbocycles. The Balaban J connectivity index is 1.65. The number of sulfonamides is 1. The summed E-state index contributed by atoms with van der Waals surface area (Å²) in [6, 6.07) is 13.6. The zero-order valence-corrected chi connectivity index (χ0v) is 18.2. The third-order valence-electron chi connectivity index (χ3n) is 5.21. The zero-order chi connectivity index (χ0) is 21.0. The topological polar surface area (TPSA) is 69.7 Å². The van der Waals surface area contributed by atoms with Crippen molar-refractivity contribution in [2.24, 2.45) is 0 Å². The SMILES string of the molecule is Cc1ccc(S(=O)(=O)N2CCCN(C(C)C(=O)Nc3ccccc3Cl)CC2)cc1. The standard InChI is InChI=1S/C21H26ClN3O3S/c1-16-8-10-18(11-9-16)29(27,28)25-13-5-12-24(14-15-25)17(2)21(26)23-20-7-4-3-6-19(20)22/h3-4,6-11,17H,5,12-15H2,1-2H3,(H,23,26). The summed E-state index contributed by atoms with van der Waals surface area (Å²) in [4.78, 5) is 15.0. The second kappa shape index (κ2) is 9.26. The number of halogens is 1. The van der Waals surface area contributed by atoms with Crippen molar-refractivity contribution in [1.82, 2.24) is 9.21 Å². The van der Waals surface area contributed by atoms with Gasteiger partial charge < -0.3 is 5.32 Å². The number of nitrogens with one attached hydrogen (secondary N) is 1. The second-order valence-electron chi connectivity index (χ2n) is 7.25. The highest BCUT2D eigenvalue weighted by Crippen LogP contribution is 2.22. The van der Waals surface area contributed by atoms with Gasteiger partial charge in [0.25, 0.3) is 0 Å². The fourth-order valence-corrected chi connectivity index (χ4v) is 5.02. The summed E-state index contributed by atoms with van der Waals surface area (Å²) in [5.41, 5.74) is 1.59. The van der Waals surface area contributed by atoms with E-state index in [1.54, 1.807) is 42.5 Å². The van der Waals surface area contributed by atoms with Crippen LogP contribution in [0.15, 0.2) is 53.4 Å². The molecule has 2 aromatic rings. The Hall–Kier alpha value is -1.93. The second-order valence-corrected chi connectivity index (χ2v) is 9.60. The molecule has 2 aromatic carbocycles. The summed E-state index contributed by atoms with van der Waals surface area (Å²) < 4.78 is 27.4. The van der Waals surface area contributed by atoms with E-state index in [9.17, 15) is 13.2 Å². The van der Waals surface area contributed by atoms with E-state index in [4.69, 9.17) is 11.6 Å². The fraction of sp³-hybridized carbons (Fsp3) is 0.381. The Labute approximate surface area is 177 Å². The number of rotatable bonds is 5. The van der Waals surface area contributed by atoms with Gasteiger partial charge in [0.1, 0.15) is 0 Å². The van der Waals surface area contributed by atoms with Gasteiger partial charge in [-0.3, -0.25) is 9.69 Å². The van der Waals surface area contributed by atoms with Crippen LogP contribution in [0.5, 0.6) is 0 Å². The molecule has 29 heavy (non-hydrogen) atoms. The molecule has 1 fully saturated rings. The summed E-state index contributed by atoms with van der Waals surface area (Å²) in [6.45, 7) is 5.68. The summed E-state index contributed by atoms with van der Waals surface area (Å²) in [7, 11) is -3.54. The van der Waals surface area contributed by atoms with Gasteiger partial charge >= 0.3 is 0 Å². The molecule has 0 aromatic heterocycles. The molecule has 1 unspecified atom stereocenters. The molecule has 0 bridgehead atoms. The van der Waals surface area contributed by atoms with E-state index in [0.717, 1.165) is 5.56 Å². The normalized spacial score (nSPS) is 17.5. The van der Waals surface area contributed by atoms with Gasteiger partial charge in [-0.05, 0) is 44.5 Å². The lowest BCUT2D eigenvalue weighted by Crippen LogP contribution is -2.44. The van der Waals surface area contributed by atoms with Crippen molar-refractivity contribution >= 4 is 33.2 Å². The van der Waals surface area contributed by atoms with Crippen LogP contribution in [0.1, 0.15) is 18.9 Å². The molecule has 156 valence electrons. The van der Waals surface area contributed by atoms with Crippen LogP contribution in [-0.4, -0.2) is 55.8 Å². The first-order valence-corrected chi connectivity index (χ1v) is 11.5. The number of benzene rings is 2. The van der Waals surface area contributed by atoms with Gasteiger partial charge in [-0.1, -0.05) is 41.4 Å². The molecule has 1 aliphatic rings. The lowest BCUT2D eigenvalue weighted by Gasteiger charge is -2.27. The van der Waals surface area contributed by atoms with Gasteiger partial charge in [0.2, 0.25) is 15.9 Å². The van der Waals surface area contributed by atoms with Crippen LogP contribution in [0.4, 0.5) is 5.69 Å². The third kappa shape index (κ3) is 5.17. The number of hydrogen-bond donors (Lipinski definition) is 1. The van der Waals surface area contributed by atoms with Gasteiger partial charge in [-0.2, -0.15) is 4.31 Å². The first-order valence-electron chi connectivity index (χ1n) is 9.65. The third-order valence-corrected chi connectivity index (χ3v) is 7.45. The minimum atomic E-state index is -3.54. The van der Waals surface area contributed by atoms with Crippen LogP contribution in [0, 0.1) is 6.92 Å². The van der Waals surface area contributed by atoms with Crippen molar-refractivity contribution in [3.63, 3.8) is 0 Å². The average Bonchev–Trinajstić information content (AvgIpc) is 2.96. The van der Waals surface area contributed by atoms with E-state index in [2.05, 4.69) is 5.32 Å². The minimum Gasteiger partial charge on any atom is -0.323 e. The van der Waals surface area contributed by atoms with Crippen LogP contribution in [0.25, 0.3) is 0 Å². The number of amides is 1. The number of anilines is 1. The van der Waals surface area contributed by atoms with E-state index in [-0.39, 0.29) is 5.91 Å². The molecule has 1 saturated heterocycles. The van der Waals surface area contributed by atoms with Crippen molar-refractivity contribution in [2.45, 2.75) is 31.2 Å². The Morgan fingerprint density at radius 3 is 2.41 bits per heavy atom. The maximum absolute atomic E-state index is 13.0. The largest absolute Gasteiger partial charge is 0.323 e. The van der Waals surface area contributed by atoms with Crippen LogP contribution in [0.2, 0.25) is 5.02 Å². The Morgan fingerprint density at radius 1 is 1.03 bits per heavy atom. The molecule has 1 N–H and O–H groups in total. The van der Waals surface area contributed by atoms with E-state index in [0.29, 0.717) is 48.2 Å². The number of carbonyl (C=O) groups excluding carboxylic acids is 1. The van der Waals surface area contributed by atoms with Gasteiger partial charge in [-0.15, -0.1) is 0 Å². The van der Waals surface area contributed by atoms with Crippen molar-refractivity contribution in [3.05, 3.63) is 59.1 Å². The van der Waals surface area contributed by atoms with Crippen LogP contribution in [0.3, 0.4) is 0 Å². The predicted molar refractivity (Wildman–Crippen MR) is 116 cm³/mol. The highest BCUT2D eigenvalue weighted by molar-refractivity contribution is 7.89. The molecule has 0 aliphatic carbocycles. The molecule has 0 radical (unpaired) electrons. The molecule has 6 nitrogen and oxygen atoms in total. The van der Waals surface area contributed by atoms with Gasteiger partial charge in [0.15, 0.2) is 0 Å². The van der Waals surface area contributed by atoms with Crippen molar-refractivity contribution in [1.29, 1.82) is 0 Å². The first kappa shape index (κ1) is 21.8. The molecular weight excluding hydrogens is 410 g/mol. The van der Waals surface area contributed by atoms with Crippen molar-refractivity contribution in [2.75, 3.05) is 31.5 Å². The fourth-order valence-electron chi connectivity index (χ4n) is 3.37. The maximum atomic E-state index is 13.0. The van der Waals surface area contributed by atoms with E-state index < -0.39 is 16.1 Å². The molecule has 1 heterocycles. The molecule has 1 aliphatic heterocycles. The molecular formula is C21H26ClN3O3S. The Bertz CT molecular complexity index is 963. The molecule has 1 atom stereocenters.